The number of likely N-dealkylation sites (tertiary alicyclic amines) is 1. The van der Waals surface area contributed by atoms with E-state index >= 15 is 0 Å². The zero-order valence-electron chi connectivity index (χ0n) is 14.3. The van der Waals surface area contributed by atoms with Crippen LogP contribution in [0, 0.1) is 17.8 Å². The maximum absolute atomic E-state index is 12.2. The number of piperidine rings is 1. The summed E-state index contributed by atoms with van der Waals surface area (Å²) in [5.74, 6) is -0.707. The van der Waals surface area contributed by atoms with Crippen molar-refractivity contribution in [1.82, 2.24) is 4.90 Å². The van der Waals surface area contributed by atoms with E-state index in [1.807, 2.05) is 30.3 Å². The largest absolute Gasteiger partial charge is 0.481 e. The van der Waals surface area contributed by atoms with Crippen LogP contribution in [0.3, 0.4) is 0 Å². The SMILES string of the molecule is O=C(O)[C@H]1COCC[C@H]1C1CCN(C(=O)OCc2ccccc2)CC1. The Morgan fingerprint density at radius 2 is 1.88 bits per heavy atom. The van der Waals surface area contributed by atoms with E-state index in [1.165, 1.54) is 0 Å². The lowest BCUT2D eigenvalue weighted by molar-refractivity contribution is -0.151. The molecule has 1 N–H and O–H groups in total. The van der Waals surface area contributed by atoms with E-state index in [0.29, 0.717) is 32.2 Å². The predicted octanol–water partition coefficient (Wildman–Crippen LogP) is 2.77. The number of benzene rings is 1. The molecule has 0 saturated carbocycles. The minimum atomic E-state index is -0.769. The van der Waals surface area contributed by atoms with E-state index in [0.717, 1.165) is 24.8 Å². The van der Waals surface area contributed by atoms with Gasteiger partial charge in [0.1, 0.15) is 6.61 Å². The second-order valence-corrected chi connectivity index (χ2v) is 6.84. The van der Waals surface area contributed by atoms with Crippen LogP contribution in [0.2, 0.25) is 0 Å². The van der Waals surface area contributed by atoms with Crippen molar-refractivity contribution in [1.29, 1.82) is 0 Å². The number of ether oxygens (including phenoxy) is 2. The normalized spacial score (nSPS) is 24.7. The van der Waals surface area contributed by atoms with E-state index in [1.54, 1.807) is 4.90 Å². The fourth-order valence-electron chi connectivity index (χ4n) is 3.89. The summed E-state index contributed by atoms with van der Waals surface area (Å²) in [6.07, 6.45) is 2.16. The molecular weight excluding hydrogens is 322 g/mol. The molecule has 2 aliphatic rings. The zero-order valence-corrected chi connectivity index (χ0v) is 14.3. The smallest absolute Gasteiger partial charge is 0.410 e. The fraction of sp³-hybridized carbons (Fsp3) is 0.579. The van der Waals surface area contributed by atoms with Crippen molar-refractivity contribution in [2.75, 3.05) is 26.3 Å². The van der Waals surface area contributed by atoms with Crippen molar-refractivity contribution in [3.8, 4) is 0 Å². The number of carboxylic acid groups (broad SMARTS) is 1. The van der Waals surface area contributed by atoms with E-state index in [-0.39, 0.29) is 18.6 Å². The summed E-state index contributed by atoms with van der Waals surface area (Å²) in [7, 11) is 0. The summed E-state index contributed by atoms with van der Waals surface area (Å²) in [5, 5.41) is 9.39. The molecule has 1 amide bonds. The minimum absolute atomic E-state index is 0.147. The van der Waals surface area contributed by atoms with E-state index in [9.17, 15) is 14.7 Å². The van der Waals surface area contributed by atoms with Gasteiger partial charge in [0.25, 0.3) is 0 Å². The Kier molecular flexibility index (Phi) is 5.91. The molecule has 0 unspecified atom stereocenters. The van der Waals surface area contributed by atoms with Crippen LogP contribution in [0.15, 0.2) is 30.3 Å². The van der Waals surface area contributed by atoms with Crippen molar-refractivity contribution < 1.29 is 24.2 Å². The molecule has 136 valence electrons. The standard InChI is InChI=1S/C19H25NO5/c21-18(22)17-13-24-11-8-16(17)15-6-9-20(10-7-15)19(23)25-12-14-4-2-1-3-5-14/h1-5,15-17H,6-13H2,(H,21,22)/t16-,17-/m0/s1. The quantitative estimate of drug-likeness (QED) is 0.906. The average molecular weight is 347 g/mol. The van der Waals surface area contributed by atoms with Crippen molar-refractivity contribution in [3.63, 3.8) is 0 Å². The molecule has 2 saturated heterocycles. The number of nitrogens with zero attached hydrogens (tertiary/aromatic N) is 1. The Labute approximate surface area is 147 Å². The molecule has 1 aromatic rings. The Morgan fingerprint density at radius 3 is 2.56 bits per heavy atom. The Morgan fingerprint density at radius 1 is 1.16 bits per heavy atom. The number of hydrogen-bond donors (Lipinski definition) is 1. The van der Waals surface area contributed by atoms with Crippen LogP contribution >= 0.6 is 0 Å². The van der Waals surface area contributed by atoms with Gasteiger partial charge >= 0.3 is 12.1 Å². The summed E-state index contributed by atoms with van der Waals surface area (Å²) in [4.78, 5) is 25.4. The highest BCUT2D eigenvalue weighted by Gasteiger charge is 2.38. The molecule has 0 spiro atoms. The highest BCUT2D eigenvalue weighted by atomic mass is 16.6. The lowest BCUT2D eigenvalue weighted by Gasteiger charge is -2.39. The average Bonchev–Trinajstić information content (AvgIpc) is 2.67. The zero-order chi connectivity index (χ0) is 17.6. The lowest BCUT2D eigenvalue weighted by atomic mass is 9.74. The third-order valence-corrected chi connectivity index (χ3v) is 5.34. The number of carboxylic acids is 1. The molecule has 25 heavy (non-hydrogen) atoms. The fourth-order valence-corrected chi connectivity index (χ4v) is 3.89. The number of carbonyl (C=O) groups is 2. The van der Waals surface area contributed by atoms with Crippen LogP contribution in [0.4, 0.5) is 4.79 Å². The molecule has 3 rings (SSSR count). The van der Waals surface area contributed by atoms with Crippen LogP contribution in [0.5, 0.6) is 0 Å². The second-order valence-electron chi connectivity index (χ2n) is 6.84. The molecule has 0 aromatic heterocycles. The lowest BCUT2D eigenvalue weighted by Crippen LogP contribution is -2.44. The monoisotopic (exact) mass is 347 g/mol. The van der Waals surface area contributed by atoms with Crippen molar-refractivity contribution in [3.05, 3.63) is 35.9 Å². The number of hydrogen-bond acceptors (Lipinski definition) is 4. The van der Waals surface area contributed by atoms with Crippen molar-refractivity contribution in [2.24, 2.45) is 17.8 Å². The molecule has 1 aromatic carbocycles. The first kappa shape index (κ1) is 17.7. The molecule has 2 atom stereocenters. The van der Waals surface area contributed by atoms with E-state index in [2.05, 4.69) is 0 Å². The Balaban J connectivity index is 1.47. The van der Waals surface area contributed by atoms with Crippen LogP contribution < -0.4 is 0 Å². The first-order valence-corrected chi connectivity index (χ1v) is 8.91. The van der Waals surface area contributed by atoms with Gasteiger partial charge in [0.05, 0.1) is 12.5 Å². The summed E-state index contributed by atoms with van der Waals surface area (Å²) < 4.78 is 10.7. The molecule has 0 aliphatic carbocycles. The van der Waals surface area contributed by atoms with Gasteiger partial charge in [-0.2, -0.15) is 0 Å². The highest BCUT2D eigenvalue weighted by Crippen LogP contribution is 2.35. The third-order valence-electron chi connectivity index (χ3n) is 5.34. The van der Waals surface area contributed by atoms with Crippen LogP contribution in [0.1, 0.15) is 24.8 Å². The van der Waals surface area contributed by atoms with Gasteiger partial charge in [-0.1, -0.05) is 30.3 Å². The summed E-state index contributed by atoms with van der Waals surface area (Å²) in [6.45, 7) is 2.47. The molecule has 6 nitrogen and oxygen atoms in total. The predicted molar refractivity (Wildman–Crippen MR) is 91.0 cm³/mol. The topological polar surface area (TPSA) is 76.1 Å². The number of aliphatic carboxylic acids is 1. The van der Waals surface area contributed by atoms with Gasteiger partial charge in [-0.05, 0) is 36.7 Å². The molecule has 2 fully saturated rings. The summed E-state index contributed by atoms with van der Waals surface area (Å²) in [6, 6.07) is 9.62. The van der Waals surface area contributed by atoms with Crippen molar-refractivity contribution in [2.45, 2.75) is 25.9 Å². The van der Waals surface area contributed by atoms with Gasteiger partial charge in [-0.3, -0.25) is 4.79 Å². The maximum Gasteiger partial charge on any atom is 0.410 e. The van der Waals surface area contributed by atoms with Crippen molar-refractivity contribution >= 4 is 12.1 Å². The van der Waals surface area contributed by atoms with E-state index < -0.39 is 11.9 Å². The van der Waals surface area contributed by atoms with Gasteiger partial charge in [-0.15, -0.1) is 0 Å². The molecule has 2 aliphatic heterocycles. The Hall–Kier alpha value is -2.08. The van der Waals surface area contributed by atoms with E-state index in [4.69, 9.17) is 9.47 Å². The molecule has 0 bridgehead atoms. The first-order valence-electron chi connectivity index (χ1n) is 8.91. The van der Waals surface area contributed by atoms with Gasteiger partial charge in [0.15, 0.2) is 0 Å². The highest BCUT2D eigenvalue weighted by molar-refractivity contribution is 5.70. The second kappa shape index (κ2) is 8.34. The number of rotatable bonds is 4. The van der Waals surface area contributed by atoms with Gasteiger partial charge in [0.2, 0.25) is 0 Å². The molecule has 6 heteroatoms. The molecular formula is C19H25NO5. The molecule has 2 heterocycles. The summed E-state index contributed by atoms with van der Waals surface area (Å²) >= 11 is 0. The van der Waals surface area contributed by atoms with Gasteiger partial charge < -0.3 is 19.5 Å². The first-order chi connectivity index (χ1) is 12.1. The maximum atomic E-state index is 12.2. The van der Waals surface area contributed by atoms with Crippen LogP contribution in [0.25, 0.3) is 0 Å². The molecule has 0 radical (unpaired) electrons. The van der Waals surface area contributed by atoms with Crippen LogP contribution in [-0.4, -0.2) is 48.4 Å². The number of carbonyl (C=O) groups excluding carboxylic acids is 1. The third kappa shape index (κ3) is 4.51. The Bertz CT molecular complexity index is 583. The minimum Gasteiger partial charge on any atom is -0.481 e. The van der Waals surface area contributed by atoms with Gasteiger partial charge in [0, 0.05) is 19.7 Å². The number of amides is 1. The summed E-state index contributed by atoms with van der Waals surface area (Å²) in [5.41, 5.74) is 0.970. The van der Waals surface area contributed by atoms with Gasteiger partial charge in [-0.25, -0.2) is 4.79 Å². The van der Waals surface area contributed by atoms with Crippen LogP contribution in [-0.2, 0) is 20.9 Å².